The van der Waals surface area contributed by atoms with E-state index in [9.17, 15) is 14.4 Å². The van der Waals surface area contributed by atoms with Gasteiger partial charge >= 0.3 is 11.9 Å². The molecule has 2 aromatic rings. The average Bonchev–Trinajstić information content (AvgIpc) is 3.48. The number of nitrogens with one attached hydrogen (secondary N) is 2. The summed E-state index contributed by atoms with van der Waals surface area (Å²) in [6, 6.07) is 3.21. The lowest BCUT2D eigenvalue weighted by atomic mass is 10.1. The first-order valence-corrected chi connectivity index (χ1v) is 8.97. The topological polar surface area (TPSA) is 120 Å². The number of hydrazine groups is 1. The predicted molar refractivity (Wildman–Crippen MR) is 101 cm³/mol. The summed E-state index contributed by atoms with van der Waals surface area (Å²) < 4.78 is 9.83. The van der Waals surface area contributed by atoms with E-state index in [0.29, 0.717) is 22.2 Å². The summed E-state index contributed by atoms with van der Waals surface area (Å²) in [6.07, 6.45) is 0.787. The molecule has 1 saturated carbocycles. The van der Waals surface area contributed by atoms with Gasteiger partial charge in [0.2, 0.25) is 0 Å². The van der Waals surface area contributed by atoms with Crippen LogP contribution in [-0.2, 0) is 19.1 Å². The molecule has 0 bridgehead atoms. The molecule has 28 heavy (non-hydrogen) atoms. The summed E-state index contributed by atoms with van der Waals surface area (Å²) in [6.45, 7) is 3.00. The van der Waals surface area contributed by atoms with Crippen LogP contribution >= 0.6 is 11.6 Å². The van der Waals surface area contributed by atoms with Crippen molar-refractivity contribution < 1.29 is 23.9 Å². The van der Waals surface area contributed by atoms with Crippen LogP contribution in [0.2, 0.25) is 5.15 Å². The zero-order valence-electron chi connectivity index (χ0n) is 15.5. The van der Waals surface area contributed by atoms with Gasteiger partial charge in [-0.2, -0.15) is 0 Å². The molecular formula is C18H19ClN4O5. The molecule has 1 aromatic carbocycles. The summed E-state index contributed by atoms with van der Waals surface area (Å²) in [5, 5.41) is 0.00271. The van der Waals surface area contributed by atoms with Gasteiger partial charge in [-0.3, -0.25) is 20.4 Å². The van der Waals surface area contributed by atoms with Gasteiger partial charge in [0.25, 0.3) is 5.91 Å². The van der Waals surface area contributed by atoms with E-state index in [-0.39, 0.29) is 16.9 Å². The molecule has 1 unspecified atom stereocenters. The van der Waals surface area contributed by atoms with Crippen molar-refractivity contribution >= 4 is 46.3 Å². The third-order valence-electron chi connectivity index (χ3n) is 4.28. The standard InChI is InChI=1S/C18H19ClN4O5/c1-8-6-12-13(7-11(8)18(26)27-3)20-15(19)16(21-12)22-23-17(25)14(10-4-5-10)28-9(2)24/h6-7,10,14H,4-5H2,1-3H3,(H,21,22)(H,23,25). The first-order valence-electron chi connectivity index (χ1n) is 8.59. The largest absolute Gasteiger partial charge is 0.465 e. The summed E-state index contributed by atoms with van der Waals surface area (Å²) in [7, 11) is 1.30. The summed E-state index contributed by atoms with van der Waals surface area (Å²) in [4.78, 5) is 43.9. The van der Waals surface area contributed by atoms with E-state index in [1.807, 2.05) is 0 Å². The number of carbonyl (C=O) groups is 3. The van der Waals surface area contributed by atoms with Crippen LogP contribution in [0.5, 0.6) is 0 Å². The Morgan fingerprint density at radius 1 is 1.21 bits per heavy atom. The Labute approximate surface area is 165 Å². The highest BCUT2D eigenvalue weighted by Crippen LogP contribution is 2.34. The number of methoxy groups -OCH3 is 1. The number of esters is 2. The lowest BCUT2D eigenvalue weighted by Crippen LogP contribution is -2.42. The maximum absolute atomic E-state index is 12.3. The second kappa shape index (κ2) is 7.97. The second-order valence-electron chi connectivity index (χ2n) is 6.49. The van der Waals surface area contributed by atoms with Gasteiger partial charge < -0.3 is 9.47 Å². The summed E-state index contributed by atoms with van der Waals surface area (Å²) >= 11 is 6.14. The maximum Gasteiger partial charge on any atom is 0.338 e. The molecule has 1 aromatic heterocycles. The number of aromatic nitrogens is 2. The Morgan fingerprint density at radius 2 is 1.89 bits per heavy atom. The van der Waals surface area contributed by atoms with Crippen molar-refractivity contribution in [3.63, 3.8) is 0 Å². The number of fused-ring (bicyclic) bond motifs is 1. The third-order valence-corrected chi connectivity index (χ3v) is 4.54. The van der Waals surface area contributed by atoms with Crippen LogP contribution < -0.4 is 10.9 Å². The number of halogens is 1. The highest BCUT2D eigenvalue weighted by Gasteiger charge is 2.38. The number of anilines is 1. The number of nitrogens with zero attached hydrogens (tertiary/aromatic N) is 2. The number of carbonyl (C=O) groups excluding carboxylic acids is 3. The van der Waals surface area contributed by atoms with Crippen molar-refractivity contribution in [2.45, 2.75) is 32.8 Å². The third kappa shape index (κ3) is 4.30. The maximum atomic E-state index is 12.3. The van der Waals surface area contributed by atoms with E-state index < -0.39 is 23.9 Å². The van der Waals surface area contributed by atoms with Crippen molar-refractivity contribution in [3.8, 4) is 0 Å². The van der Waals surface area contributed by atoms with E-state index in [1.165, 1.54) is 14.0 Å². The smallest absolute Gasteiger partial charge is 0.338 e. The molecule has 3 rings (SSSR count). The highest BCUT2D eigenvalue weighted by molar-refractivity contribution is 6.32. The molecule has 1 heterocycles. The molecule has 9 nitrogen and oxygen atoms in total. The van der Waals surface area contributed by atoms with Gasteiger partial charge in [0.15, 0.2) is 17.1 Å². The second-order valence-corrected chi connectivity index (χ2v) is 6.85. The first kappa shape index (κ1) is 19.8. The highest BCUT2D eigenvalue weighted by atomic mass is 35.5. The molecule has 1 aliphatic carbocycles. The monoisotopic (exact) mass is 406 g/mol. The summed E-state index contributed by atoms with van der Waals surface area (Å²) in [5.41, 5.74) is 6.99. The van der Waals surface area contributed by atoms with Crippen LogP contribution in [0.3, 0.4) is 0 Å². The van der Waals surface area contributed by atoms with Gasteiger partial charge in [-0.15, -0.1) is 0 Å². The molecule has 10 heteroatoms. The zero-order chi connectivity index (χ0) is 20.4. The van der Waals surface area contributed by atoms with Gasteiger partial charge in [-0.05, 0) is 37.5 Å². The molecular weight excluding hydrogens is 388 g/mol. The Kier molecular flexibility index (Phi) is 5.64. The van der Waals surface area contributed by atoms with E-state index in [2.05, 4.69) is 20.8 Å². The number of hydrogen-bond donors (Lipinski definition) is 2. The molecule has 2 N–H and O–H groups in total. The normalized spacial score (nSPS) is 14.3. The van der Waals surface area contributed by atoms with Crippen LogP contribution in [0.25, 0.3) is 11.0 Å². The van der Waals surface area contributed by atoms with Gasteiger partial charge in [0.1, 0.15) is 0 Å². The fourth-order valence-corrected chi connectivity index (χ4v) is 2.91. The van der Waals surface area contributed by atoms with Gasteiger partial charge in [-0.1, -0.05) is 11.6 Å². The number of amides is 1. The molecule has 0 saturated heterocycles. The number of benzene rings is 1. The van der Waals surface area contributed by atoms with E-state index in [0.717, 1.165) is 12.8 Å². The molecule has 0 radical (unpaired) electrons. The van der Waals surface area contributed by atoms with Crippen molar-refractivity contribution in [2.24, 2.45) is 5.92 Å². The van der Waals surface area contributed by atoms with E-state index in [1.54, 1.807) is 19.1 Å². The molecule has 148 valence electrons. The zero-order valence-corrected chi connectivity index (χ0v) is 16.3. The fourth-order valence-electron chi connectivity index (χ4n) is 2.73. The summed E-state index contributed by atoms with van der Waals surface area (Å²) in [5.74, 6) is -1.35. The van der Waals surface area contributed by atoms with Crippen LogP contribution in [-0.4, -0.2) is 41.0 Å². The Bertz CT molecular complexity index is 961. The van der Waals surface area contributed by atoms with Gasteiger partial charge in [0.05, 0.1) is 23.7 Å². The van der Waals surface area contributed by atoms with Gasteiger partial charge in [-0.25, -0.2) is 14.8 Å². The molecule has 0 aliphatic heterocycles. The van der Waals surface area contributed by atoms with E-state index in [4.69, 9.17) is 21.1 Å². The first-order chi connectivity index (χ1) is 13.3. The molecule has 1 aliphatic rings. The van der Waals surface area contributed by atoms with Crippen molar-refractivity contribution in [2.75, 3.05) is 12.5 Å². The minimum atomic E-state index is -0.859. The quantitative estimate of drug-likeness (QED) is 0.553. The average molecular weight is 407 g/mol. The minimum Gasteiger partial charge on any atom is -0.465 e. The number of hydrogen-bond acceptors (Lipinski definition) is 8. The number of aryl methyl sites for hydroxylation is 1. The molecule has 1 fully saturated rings. The van der Waals surface area contributed by atoms with Crippen molar-refractivity contribution in [3.05, 3.63) is 28.4 Å². The predicted octanol–water partition coefficient (Wildman–Crippen LogP) is 2.16. The lowest BCUT2D eigenvalue weighted by Gasteiger charge is -2.17. The van der Waals surface area contributed by atoms with Gasteiger partial charge in [0, 0.05) is 12.8 Å². The van der Waals surface area contributed by atoms with Crippen LogP contribution in [0.15, 0.2) is 12.1 Å². The molecule has 1 atom stereocenters. The molecule has 1 amide bonds. The number of rotatable bonds is 6. The SMILES string of the molecule is COC(=O)c1cc2nc(Cl)c(NNC(=O)C(OC(C)=O)C3CC3)nc2cc1C. The van der Waals surface area contributed by atoms with Crippen molar-refractivity contribution in [1.29, 1.82) is 0 Å². The van der Waals surface area contributed by atoms with E-state index >= 15 is 0 Å². The number of ether oxygens (including phenoxy) is 2. The Balaban J connectivity index is 1.79. The van der Waals surface area contributed by atoms with Crippen LogP contribution in [0, 0.1) is 12.8 Å². The minimum absolute atomic E-state index is 0.00271. The van der Waals surface area contributed by atoms with Crippen molar-refractivity contribution in [1.82, 2.24) is 15.4 Å². The fraction of sp³-hybridized carbons (Fsp3) is 0.389. The molecule has 0 spiro atoms. The van der Waals surface area contributed by atoms with Crippen LogP contribution in [0.4, 0.5) is 5.82 Å². The Hall–Kier alpha value is -2.94. The Morgan fingerprint density at radius 3 is 2.50 bits per heavy atom. The van der Waals surface area contributed by atoms with Crippen LogP contribution in [0.1, 0.15) is 35.7 Å². The lowest BCUT2D eigenvalue weighted by molar-refractivity contribution is -0.155.